The Morgan fingerprint density at radius 2 is 1.55 bits per heavy atom. The van der Waals surface area contributed by atoms with Gasteiger partial charge in [-0.1, -0.05) is 42.5 Å². The second-order valence-corrected chi connectivity index (χ2v) is 11.2. The molecule has 198 valence electrons. The largest absolute Gasteiger partial charge is 0.497 e. The highest BCUT2D eigenvalue weighted by Crippen LogP contribution is 2.22. The SMILES string of the molecule is COc1ccc(S(=O)(=O)n2c(=O)n(CC(=O)NC3CCN(Cc4ccccc4)CC3)c3ccccc32)cc1. The molecular formula is C28H30N4O5S. The molecule has 1 fully saturated rings. The summed E-state index contributed by atoms with van der Waals surface area (Å²) in [6.45, 7) is 2.33. The third kappa shape index (κ3) is 5.23. The molecule has 38 heavy (non-hydrogen) atoms. The minimum absolute atomic E-state index is 0.00149. The molecule has 3 aromatic carbocycles. The maximum absolute atomic E-state index is 13.4. The number of methoxy groups -OCH3 is 1. The Morgan fingerprint density at radius 1 is 0.921 bits per heavy atom. The molecule has 0 spiro atoms. The zero-order valence-electron chi connectivity index (χ0n) is 21.1. The van der Waals surface area contributed by atoms with Crippen molar-refractivity contribution in [2.75, 3.05) is 20.2 Å². The normalized spacial score (nSPS) is 15.0. The average molecular weight is 535 g/mol. The van der Waals surface area contributed by atoms with Gasteiger partial charge in [-0.15, -0.1) is 0 Å². The van der Waals surface area contributed by atoms with Crippen LogP contribution in [0.15, 0.2) is 88.6 Å². The summed E-state index contributed by atoms with van der Waals surface area (Å²) in [7, 11) is -2.72. The van der Waals surface area contributed by atoms with E-state index in [9.17, 15) is 18.0 Å². The molecule has 1 aromatic heterocycles. The molecule has 4 aromatic rings. The first-order chi connectivity index (χ1) is 18.4. The van der Waals surface area contributed by atoms with Gasteiger partial charge < -0.3 is 10.1 Å². The van der Waals surface area contributed by atoms with E-state index in [-0.39, 0.29) is 28.9 Å². The molecule has 2 heterocycles. The highest BCUT2D eigenvalue weighted by Gasteiger charge is 2.27. The lowest BCUT2D eigenvalue weighted by Gasteiger charge is -2.32. The minimum Gasteiger partial charge on any atom is -0.497 e. The van der Waals surface area contributed by atoms with Gasteiger partial charge in [0.25, 0.3) is 10.0 Å². The number of hydrogen-bond donors (Lipinski definition) is 1. The maximum Gasteiger partial charge on any atom is 0.343 e. The van der Waals surface area contributed by atoms with E-state index in [1.807, 2.05) is 18.2 Å². The van der Waals surface area contributed by atoms with Gasteiger partial charge in [0.15, 0.2) is 0 Å². The molecule has 1 N–H and O–H groups in total. The Bertz CT molecular complexity index is 1590. The summed E-state index contributed by atoms with van der Waals surface area (Å²) in [6, 6.07) is 22.7. The van der Waals surface area contributed by atoms with Crippen LogP contribution in [-0.2, 0) is 27.9 Å². The predicted molar refractivity (Wildman–Crippen MR) is 145 cm³/mol. The molecule has 1 amide bonds. The topological polar surface area (TPSA) is 103 Å². The van der Waals surface area contributed by atoms with Crippen LogP contribution in [0.25, 0.3) is 11.0 Å². The van der Waals surface area contributed by atoms with Crippen molar-refractivity contribution >= 4 is 27.0 Å². The van der Waals surface area contributed by atoms with E-state index >= 15 is 0 Å². The number of piperidine rings is 1. The minimum atomic E-state index is -4.20. The zero-order chi connectivity index (χ0) is 26.7. The molecule has 1 aliphatic heterocycles. The van der Waals surface area contributed by atoms with E-state index in [4.69, 9.17) is 4.74 Å². The Morgan fingerprint density at radius 3 is 2.21 bits per heavy atom. The van der Waals surface area contributed by atoms with Gasteiger partial charge in [-0.2, -0.15) is 3.97 Å². The first-order valence-electron chi connectivity index (χ1n) is 12.5. The summed E-state index contributed by atoms with van der Waals surface area (Å²) in [5.74, 6) is 0.180. The zero-order valence-corrected chi connectivity index (χ0v) is 21.9. The van der Waals surface area contributed by atoms with Crippen molar-refractivity contribution < 1.29 is 17.9 Å². The Labute approximate surface area is 221 Å². The Balaban J connectivity index is 1.31. The third-order valence-electron chi connectivity index (χ3n) is 6.90. The molecule has 0 atom stereocenters. The van der Waals surface area contributed by atoms with Gasteiger partial charge in [-0.25, -0.2) is 13.2 Å². The molecule has 0 unspecified atom stereocenters. The fraction of sp³-hybridized carbons (Fsp3) is 0.286. The highest BCUT2D eigenvalue weighted by molar-refractivity contribution is 7.90. The molecule has 10 heteroatoms. The van der Waals surface area contributed by atoms with E-state index < -0.39 is 15.7 Å². The number of aromatic nitrogens is 2. The Kier molecular flexibility index (Phi) is 7.35. The number of ether oxygens (including phenoxy) is 1. The average Bonchev–Trinajstić information content (AvgIpc) is 3.22. The molecule has 0 aliphatic carbocycles. The molecule has 1 saturated heterocycles. The van der Waals surface area contributed by atoms with Gasteiger partial charge in [0.2, 0.25) is 5.91 Å². The highest BCUT2D eigenvalue weighted by atomic mass is 32.2. The van der Waals surface area contributed by atoms with E-state index in [2.05, 4.69) is 22.3 Å². The van der Waals surface area contributed by atoms with Crippen LogP contribution in [0.3, 0.4) is 0 Å². The molecule has 0 bridgehead atoms. The quantitative estimate of drug-likeness (QED) is 0.373. The van der Waals surface area contributed by atoms with Crippen molar-refractivity contribution in [2.45, 2.75) is 36.9 Å². The monoisotopic (exact) mass is 534 g/mol. The summed E-state index contributed by atoms with van der Waals surface area (Å²) in [6.07, 6.45) is 1.61. The van der Waals surface area contributed by atoms with Gasteiger partial charge in [-0.05, 0) is 54.8 Å². The van der Waals surface area contributed by atoms with Gasteiger partial charge in [0.1, 0.15) is 12.3 Å². The molecule has 9 nitrogen and oxygen atoms in total. The first kappa shape index (κ1) is 25.7. The van der Waals surface area contributed by atoms with Gasteiger partial charge >= 0.3 is 5.69 Å². The van der Waals surface area contributed by atoms with Crippen molar-refractivity contribution in [1.29, 1.82) is 0 Å². The van der Waals surface area contributed by atoms with E-state index in [0.717, 1.165) is 36.4 Å². The van der Waals surface area contributed by atoms with Gasteiger partial charge in [0, 0.05) is 25.7 Å². The van der Waals surface area contributed by atoms with Gasteiger partial charge in [0.05, 0.1) is 23.0 Å². The number of carbonyl (C=O) groups excluding carboxylic acids is 1. The van der Waals surface area contributed by atoms with Crippen molar-refractivity contribution in [1.82, 2.24) is 18.8 Å². The number of para-hydroxylation sites is 2. The number of fused-ring (bicyclic) bond motifs is 1. The molecule has 5 rings (SSSR count). The summed E-state index contributed by atoms with van der Waals surface area (Å²) < 4.78 is 34.0. The van der Waals surface area contributed by atoms with Crippen LogP contribution in [0.5, 0.6) is 5.75 Å². The summed E-state index contributed by atoms with van der Waals surface area (Å²) >= 11 is 0. The summed E-state index contributed by atoms with van der Waals surface area (Å²) in [5.41, 5.74) is 1.07. The van der Waals surface area contributed by atoms with E-state index in [1.165, 1.54) is 41.5 Å². The molecular weight excluding hydrogens is 504 g/mol. The molecule has 0 saturated carbocycles. The van der Waals surface area contributed by atoms with Crippen LogP contribution in [-0.4, -0.2) is 54.0 Å². The van der Waals surface area contributed by atoms with Crippen LogP contribution in [0.4, 0.5) is 0 Å². The van der Waals surface area contributed by atoms with Crippen LogP contribution < -0.4 is 15.7 Å². The maximum atomic E-state index is 13.4. The standard InChI is InChI=1S/C28H30N4O5S/c1-37-23-11-13-24(14-12-23)38(35,36)32-26-10-6-5-9-25(26)31(28(32)34)20-27(33)29-22-15-17-30(18-16-22)19-21-7-3-2-4-8-21/h2-14,22H,15-20H2,1H3,(H,29,33). The lowest BCUT2D eigenvalue weighted by Crippen LogP contribution is -2.45. The fourth-order valence-corrected chi connectivity index (χ4v) is 6.32. The van der Waals surface area contributed by atoms with E-state index in [1.54, 1.807) is 24.3 Å². The number of nitrogens with zero attached hydrogens (tertiary/aromatic N) is 3. The molecule has 1 aliphatic rings. The van der Waals surface area contributed by atoms with E-state index in [0.29, 0.717) is 11.3 Å². The Hall–Kier alpha value is -3.89. The number of nitrogens with one attached hydrogen (secondary N) is 1. The number of carbonyl (C=O) groups is 1. The van der Waals surface area contributed by atoms with Crippen molar-refractivity contribution in [3.63, 3.8) is 0 Å². The third-order valence-corrected chi connectivity index (χ3v) is 8.60. The van der Waals surface area contributed by atoms with Crippen LogP contribution >= 0.6 is 0 Å². The second-order valence-electron chi connectivity index (χ2n) is 9.41. The van der Waals surface area contributed by atoms with Gasteiger partial charge in [-0.3, -0.25) is 14.3 Å². The fourth-order valence-electron chi connectivity index (χ4n) is 4.91. The smallest absolute Gasteiger partial charge is 0.343 e. The second kappa shape index (κ2) is 10.8. The molecule has 0 radical (unpaired) electrons. The lowest BCUT2D eigenvalue weighted by atomic mass is 10.0. The summed E-state index contributed by atoms with van der Waals surface area (Å²) in [5, 5.41) is 3.04. The van der Waals surface area contributed by atoms with Crippen LogP contribution in [0.1, 0.15) is 18.4 Å². The number of rotatable bonds is 8. The number of likely N-dealkylation sites (tertiary alicyclic amines) is 1. The predicted octanol–water partition coefficient (Wildman–Crippen LogP) is 2.83. The summed E-state index contributed by atoms with van der Waals surface area (Å²) in [4.78, 5) is 28.7. The number of benzene rings is 3. The van der Waals surface area contributed by atoms with Crippen LogP contribution in [0.2, 0.25) is 0 Å². The number of imidazole rings is 1. The lowest BCUT2D eigenvalue weighted by molar-refractivity contribution is -0.122. The first-order valence-corrected chi connectivity index (χ1v) is 14.0. The van der Waals surface area contributed by atoms with Crippen LogP contribution in [0, 0.1) is 0 Å². The number of hydrogen-bond acceptors (Lipinski definition) is 6. The van der Waals surface area contributed by atoms with Crippen molar-refractivity contribution in [3.05, 3.63) is 94.9 Å². The van der Waals surface area contributed by atoms with Crippen molar-refractivity contribution in [3.8, 4) is 5.75 Å². The number of amides is 1. The van der Waals surface area contributed by atoms with Crippen molar-refractivity contribution in [2.24, 2.45) is 0 Å².